The first-order chi connectivity index (χ1) is 8.74. The van der Waals surface area contributed by atoms with Crippen LogP contribution in [0.5, 0.6) is 0 Å². The molecule has 2 aromatic rings. The smallest absolute Gasteiger partial charge is 0.114 e. The molecular formula is C13H13N3O2. The van der Waals surface area contributed by atoms with Crippen LogP contribution in [0.15, 0.2) is 24.4 Å². The maximum Gasteiger partial charge on any atom is 0.114 e. The van der Waals surface area contributed by atoms with Crippen LogP contribution in [-0.2, 0) is 10.3 Å². The second-order valence-electron chi connectivity index (χ2n) is 4.51. The Morgan fingerprint density at radius 1 is 1.39 bits per heavy atom. The van der Waals surface area contributed by atoms with Crippen molar-refractivity contribution < 1.29 is 9.84 Å². The molecule has 5 nitrogen and oxygen atoms in total. The monoisotopic (exact) mass is 243 g/mol. The quantitative estimate of drug-likeness (QED) is 0.817. The van der Waals surface area contributed by atoms with E-state index in [0.717, 1.165) is 5.52 Å². The van der Waals surface area contributed by atoms with Gasteiger partial charge in [-0.25, -0.2) is 4.52 Å². The summed E-state index contributed by atoms with van der Waals surface area (Å²) in [5, 5.41) is 24.3. The van der Waals surface area contributed by atoms with Gasteiger partial charge in [0.05, 0.1) is 5.52 Å². The van der Waals surface area contributed by atoms with Crippen LogP contribution < -0.4 is 0 Å². The highest BCUT2D eigenvalue weighted by Crippen LogP contribution is 2.34. The van der Waals surface area contributed by atoms with E-state index in [4.69, 9.17) is 4.74 Å². The molecule has 0 aromatic carbocycles. The fourth-order valence-corrected chi connectivity index (χ4v) is 2.38. The number of pyridine rings is 1. The molecule has 1 fully saturated rings. The van der Waals surface area contributed by atoms with E-state index in [-0.39, 0.29) is 0 Å². The molecule has 3 heterocycles. The van der Waals surface area contributed by atoms with Crippen LogP contribution in [0.1, 0.15) is 24.1 Å². The Hall–Kier alpha value is -1.90. The third-order valence-corrected chi connectivity index (χ3v) is 3.41. The average molecular weight is 243 g/mol. The van der Waals surface area contributed by atoms with Gasteiger partial charge in [-0.3, -0.25) is 0 Å². The zero-order chi connectivity index (χ0) is 12.6. The predicted molar refractivity (Wildman–Crippen MR) is 63.9 cm³/mol. The lowest BCUT2D eigenvalue weighted by Gasteiger charge is -2.30. The summed E-state index contributed by atoms with van der Waals surface area (Å²) >= 11 is 0. The number of hydrogen-bond acceptors (Lipinski definition) is 4. The average Bonchev–Trinajstić information content (AvgIpc) is 2.79. The van der Waals surface area contributed by atoms with Gasteiger partial charge in [0.15, 0.2) is 0 Å². The maximum absolute atomic E-state index is 10.6. The number of aromatic nitrogens is 2. The van der Waals surface area contributed by atoms with Gasteiger partial charge in [-0.2, -0.15) is 10.4 Å². The second-order valence-corrected chi connectivity index (χ2v) is 4.51. The Kier molecular flexibility index (Phi) is 2.54. The molecule has 0 unspecified atom stereocenters. The minimum Gasteiger partial charge on any atom is -0.383 e. The summed E-state index contributed by atoms with van der Waals surface area (Å²) in [6, 6.07) is 7.69. The zero-order valence-electron chi connectivity index (χ0n) is 9.83. The standard InChI is InChI=1S/C13H13N3O2/c14-9-10-11-3-1-2-6-16(11)15-12(10)13(17)4-7-18-8-5-13/h1-3,6,17H,4-5,7-8H2. The lowest BCUT2D eigenvalue weighted by Crippen LogP contribution is -2.34. The molecule has 18 heavy (non-hydrogen) atoms. The third-order valence-electron chi connectivity index (χ3n) is 3.41. The minimum absolute atomic E-state index is 0.458. The van der Waals surface area contributed by atoms with Crippen LogP contribution >= 0.6 is 0 Å². The molecule has 0 spiro atoms. The first-order valence-corrected chi connectivity index (χ1v) is 5.93. The van der Waals surface area contributed by atoms with Crippen LogP contribution in [0.2, 0.25) is 0 Å². The number of fused-ring (bicyclic) bond motifs is 1. The number of ether oxygens (including phenoxy) is 1. The van der Waals surface area contributed by atoms with Crippen molar-refractivity contribution in [2.24, 2.45) is 0 Å². The molecule has 0 bridgehead atoms. The van der Waals surface area contributed by atoms with Gasteiger partial charge in [0, 0.05) is 32.3 Å². The van der Waals surface area contributed by atoms with Crippen molar-refractivity contribution in [2.45, 2.75) is 18.4 Å². The molecule has 1 aliphatic rings. The molecule has 5 heteroatoms. The molecule has 3 rings (SSSR count). The molecule has 0 radical (unpaired) electrons. The predicted octanol–water partition coefficient (Wildman–Crippen LogP) is 1.20. The van der Waals surface area contributed by atoms with Gasteiger partial charge < -0.3 is 9.84 Å². The Balaban J connectivity index is 2.19. The van der Waals surface area contributed by atoms with Gasteiger partial charge in [0.1, 0.15) is 22.9 Å². The van der Waals surface area contributed by atoms with Crippen molar-refractivity contribution in [2.75, 3.05) is 13.2 Å². The van der Waals surface area contributed by atoms with Crippen LogP contribution in [-0.4, -0.2) is 27.9 Å². The van der Waals surface area contributed by atoms with Gasteiger partial charge >= 0.3 is 0 Å². The summed E-state index contributed by atoms with van der Waals surface area (Å²) in [4.78, 5) is 0. The molecule has 0 atom stereocenters. The normalized spacial score (nSPS) is 18.7. The Morgan fingerprint density at radius 3 is 2.89 bits per heavy atom. The maximum atomic E-state index is 10.6. The number of rotatable bonds is 1. The summed E-state index contributed by atoms with van der Waals surface area (Å²) in [6.45, 7) is 0.991. The Labute approximate surface area is 104 Å². The second kappa shape index (κ2) is 4.09. The van der Waals surface area contributed by atoms with Crippen molar-refractivity contribution in [3.63, 3.8) is 0 Å². The lowest BCUT2D eigenvalue weighted by atomic mass is 9.88. The lowest BCUT2D eigenvalue weighted by molar-refractivity contribution is -0.0707. The van der Waals surface area contributed by atoms with E-state index in [9.17, 15) is 10.4 Å². The summed E-state index contributed by atoms with van der Waals surface area (Å²) in [6.07, 6.45) is 2.74. The fourth-order valence-electron chi connectivity index (χ4n) is 2.38. The van der Waals surface area contributed by atoms with Crippen LogP contribution in [0, 0.1) is 11.3 Å². The highest BCUT2D eigenvalue weighted by atomic mass is 16.5. The Bertz CT molecular complexity index is 621. The molecule has 0 amide bonds. The number of nitrogens with zero attached hydrogens (tertiary/aromatic N) is 3. The summed E-state index contributed by atoms with van der Waals surface area (Å²) in [7, 11) is 0. The van der Waals surface area contributed by atoms with E-state index in [0.29, 0.717) is 37.3 Å². The molecule has 1 saturated heterocycles. The van der Waals surface area contributed by atoms with Gasteiger partial charge in [-0.1, -0.05) is 6.07 Å². The van der Waals surface area contributed by atoms with Crippen molar-refractivity contribution in [3.8, 4) is 6.07 Å². The minimum atomic E-state index is -1.05. The number of aliphatic hydroxyl groups is 1. The topological polar surface area (TPSA) is 70.5 Å². The van der Waals surface area contributed by atoms with E-state index in [1.54, 1.807) is 10.7 Å². The van der Waals surface area contributed by atoms with Gasteiger partial charge in [-0.05, 0) is 12.1 Å². The molecular weight excluding hydrogens is 230 g/mol. The largest absolute Gasteiger partial charge is 0.383 e. The number of hydrogen-bond donors (Lipinski definition) is 1. The van der Waals surface area contributed by atoms with E-state index >= 15 is 0 Å². The van der Waals surface area contributed by atoms with Crippen LogP contribution in [0.3, 0.4) is 0 Å². The van der Waals surface area contributed by atoms with Crippen molar-refractivity contribution >= 4 is 5.52 Å². The summed E-state index contributed by atoms with van der Waals surface area (Å²) in [5.74, 6) is 0. The van der Waals surface area contributed by atoms with Gasteiger partial charge in [0.2, 0.25) is 0 Å². The highest BCUT2D eigenvalue weighted by Gasteiger charge is 2.37. The first-order valence-electron chi connectivity index (χ1n) is 5.93. The number of nitriles is 1. The zero-order valence-corrected chi connectivity index (χ0v) is 9.83. The molecule has 2 aromatic heterocycles. The third kappa shape index (κ3) is 1.58. The highest BCUT2D eigenvalue weighted by molar-refractivity contribution is 5.63. The van der Waals surface area contributed by atoms with Gasteiger partial charge in [0.25, 0.3) is 0 Å². The molecule has 92 valence electrons. The molecule has 1 aliphatic heterocycles. The molecule has 0 aliphatic carbocycles. The van der Waals surface area contributed by atoms with E-state index in [2.05, 4.69) is 11.2 Å². The summed E-state index contributed by atoms with van der Waals surface area (Å²) < 4.78 is 6.90. The van der Waals surface area contributed by atoms with E-state index in [1.807, 2.05) is 18.2 Å². The van der Waals surface area contributed by atoms with E-state index in [1.165, 1.54) is 0 Å². The Morgan fingerprint density at radius 2 is 2.17 bits per heavy atom. The fraction of sp³-hybridized carbons (Fsp3) is 0.385. The van der Waals surface area contributed by atoms with E-state index < -0.39 is 5.60 Å². The molecule has 1 N–H and O–H groups in total. The van der Waals surface area contributed by atoms with Crippen LogP contribution in [0.4, 0.5) is 0 Å². The van der Waals surface area contributed by atoms with Crippen molar-refractivity contribution in [3.05, 3.63) is 35.7 Å². The van der Waals surface area contributed by atoms with Gasteiger partial charge in [-0.15, -0.1) is 0 Å². The summed E-state index contributed by atoms with van der Waals surface area (Å²) in [5.41, 5.74) is 0.615. The van der Waals surface area contributed by atoms with Crippen molar-refractivity contribution in [1.82, 2.24) is 9.61 Å². The molecule has 0 saturated carbocycles. The first kappa shape index (κ1) is 11.2. The van der Waals surface area contributed by atoms with Crippen LogP contribution in [0.25, 0.3) is 5.52 Å². The van der Waals surface area contributed by atoms with Crippen molar-refractivity contribution in [1.29, 1.82) is 5.26 Å². The SMILES string of the molecule is N#Cc1c(C2(O)CCOCC2)nn2ccccc12.